The van der Waals surface area contributed by atoms with E-state index in [1.54, 1.807) is 24.3 Å². The SMILES string of the molecule is CSSC(=O)c1ccc(C(=O)SSC)cc1. The monoisotopic (exact) mass is 290 g/mol. The molecular formula is C10H10O2S4. The molecule has 1 aromatic carbocycles. The maximum Gasteiger partial charge on any atom is 0.229 e. The Balaban J connectivity index is 2.75. The fraction of sp³-hybridized carbons (Fsp3) is 0.200. The van der Waals surface area contributed by atoms with Crippen LogP contribution in [0.5, 0.6) is 0 Å². The average molecular weight is 290 g/mol. The largest absolute Gasteiger partial charge is 0.281 e. The van der Waals surface area contributed by atoms with Crippen LogP contribution in [0.25, 0.3) is 0 Å². The number of carbonyl (C=O) groups excluding carboxylic acids is 2. The van der Waals surface area contributed by atoms with Crippen LogP contribution in [0.2, 0.25) is 0 Å². The molecule has 0 radical (unpaired) electrons. The molecule has 0 saturated carbocycles. The first kappa shape index (κ1) is 14.0. The normalized spacial score (nSPS) is 10.1. The molecule has 0 N–H and O–H groups in total. The summed E-state index contributed by atoms with van der Waals surface area (Å²) in [6, 6.07) is 6.78. The first-order chi connectivity index (χ1) is 7.69. The lowest BCUT2D eigenvalue weighted by atomic mass is 10.2. The van der Waals surface area contributed by atoms with Gasteiger partial charge < -0.3 is 0 Å². The van der Waals surface area contributed by atoms with Crippen molar-refractivity contribution in [3.63, 3.8) is 0 Å². The van der Waals surface area contributed by atoms with Crippen molar-refractivity contribution in [2.24, 2.45) is 0 Å². The predicted octanol–water partition coefficient (Wildman–Crippen LogP) is 3.99. The zero-order valence-electron chi connectivity index (χ0n) is 8.76. The number of hydrogen-bond donors (Lipinski definition) is 0. The third-order valence-electron chi connectivity index (χ3n) is 1.67. The highest BCUT2D eigenvalue weighted by Gasteiger charge is 2.09. The summed E-state index contributed by atoms with van der Waals surface area (Å²) in [7, 11) is 5.22. The zero-order chi connectivity index (χ0) is 12.0. The molecule has 0 aliphatic rings. The van der Waals surface area contributed by atoms with Crippen LogP contribution < -0.4 is 0 Å². The van der Waals surface area contributed by atoms with E-state index in [4.69, 9.17) is 0 Å². The molecule has 0 aliphatic heterocycles. The highest BCUT2D eigenvalue weighted by Crippen LogP contribution is 2.25. The minimum atomic E-state index is 0.0176. The second-order valence-corrected chi connectivity index (χ2v) is 7.39. The molecule has 0 unspecified atom stereocenters. The molecular weight excluding hydrogens is 280 g/mol. The van der Waals surface area contributed by atoms with Gasteiger partial charge in [-0.2, -0.15) is 0 Å². The molecule has 0 aromatic heterocycles. The van der Waals surface area contributed by atoms with E-state index in [1.165, 1.54) is 43.2 Å². The van der Waals surface area contributed by atoms with Crippen LogP contribution >= 0.6 is 43.2 Å². The van der Waals surface area contributed by atoms with Crippen molar-refractivity contribution >= 4 is 53.4 Å². The molecule has 0 atom stereocenters. The Labute approximate surface area is 111 Å². The van der Waals surface area contributed by atoms with E-state index in [0.717, 1.165) is 0 Å². The molecule has 0 aliphatic carbocycles. The Hall–Kier alpha value is -0.0400. The summed E-state index contributed by atoms with van der Waals surface area (Å²) in [6.07, 6.45) is 3.71. The van der Waals surface area contributed by atoms with Gasteiger partial charge in [0.1, 0.15) is 0 Å². The van der Waals surface area contributed by atoms with Gasteiger partial charge in [-0.25, -0.2) is 0 Å². The number of benzene rings is 1. The summed E-state index contributed by atoms with van der Waals surface area (Å²) < 4.78 is 0. The van der Waals surface area contributed by atoms with Gasteiger partial charge >= 0.3 is 0 Å². The van der Waals surface area contributed by atoms with Gasteiger partial charge in [0.15, 0.2) is 0 Å². The molecule has 0 fully saturated rings. The maximum atomic E-state index is 11.5. The van der Waals surface area contributed by atoms with Crippen molar-refractivity contribution in [1.82, 2.24) is 0 Å². The first-order valence-electron chi connectivity index (χ1n) is 4.29. The third kappa shape index (κ3) is 4.08. The summed E-state index contributed by atoms with van der Waals surface area (Å²) in [5.41, 5.74) is 1.26. The molecule has 0 saturated heterocycles. The highest BCUT2D eigenvalue weighted by atomic mass is 33.1. The first-order valence-corrected chi connectivity index (χ1v) is 9.40. The molecule has 16 heavy (non-hydrogen) atoms. The smallest absolute Gasteiger partial charge is 0.229 e. The fourth-order valence-electron chi connectivity index (χ4n) is 0.990. The van der Waals surface area contributed by atoms with E-state index >= 15 is 0 Å². The van der Waals surface area contributed by atoms with Gasteiger partial charge in [-0.05, 0) is 58.4 Å². The fourth-order valence-corrected chi connectivity index (χ4v) is 3.24. The highest BCUT2D eigenvalue weighted by molar-refractivity contribution is 8.82. The Kier molecular flexibility index (Phi) is 6.41. The van der Waals surface area contributed by atoms with Gasteiger partial charge in [0.2, 0.25) is 10.2 Å². The van der Waals surface area contributed by atoms with Crippen LogP contribution in [-0.2, 0) is 0 Å². The third-order valence-corrected chi connectivity index (χ3v) is 4.69. The van der Waals surface area contributed by atoms with E-state index in [0.29, 0.717) is 11.1 Å². The molecule has 0 bridgehead atoms. The Morgan fingerprint density at radius 1 is 0.812 bits per heavy atom. The molecule has 6 heteroatoms. The topological polar surface area (TPSA) is 34.1 Å². The molecule has 2 nitrogen and oxygen atoms in total. The standard InChI is InChI=1S/C10H10O2S4/c1-13-15-9(11)7-3-5-8(6-4-7)10(12)16-14-2/h3-6H,1-2H3. The summed E-state index contributed by atoms with van der Waals surface area (Å²) in [5.74, 6) is 0. The van der Waals surface area contributed by atoms with E-state index < -0.39 is 0 Å². The molecule has 1 rings (SSSR count). The van der Waals surface area contributed by atoms with Crippen molar-refractivity contribution in [3.8, 4) is 0 Å². The van der Waals surface area contributed by atoms with Crippen LogP contribution in [0, 0.1) is 0 Å². The number of hydrogen-bond acceptors (Lipinski definition) is 6. The van der Waals surface area contributed by atoms with E-state index in [-0.39, 0.29) is 10.2 Å². The summed E-state index contributed by atoms with van der Waals surface area (Å²) in [6.45, 7) is 0. The van der Waals surface area contributed by atoms with Crippen LogP contribution in [0.4, 0.5) is 0 Å². The summed E-state index contributed by atoms with van der Waals surface area (Å²) >= 11 is 0. The Bertz CT molecular complexity index is 338. The number of carbonyl (C=O) groups is 2. The van der Waals surface area contributed by atoms with Gasteiger partial charge in [0.05, 0.1) is 0 Å². The molecule has 0 amide bonds. The zero-order valence-corrected chi connectivity index (χ0v) is 12.0. The lowest BCUT2D eigenvalue weighted by Crippen LogP contribution is -1.95. The van der Waals surface area contributed by atoms with Crippen LogP contribution in [0.1, 0.15) is 20.7 Å². The summed E-state index contributed by atoms with van der Waals surface area (Å²) in [4.78, 5) is 23.0. The lowest BCUT2D eigenvalue weighted by Gasteiger charge is -2.00. The van der Waals surface area contributed by atoms with E-state index in [2.05, 4.69) is 0 Å². The Morgan fingerprint density at radius 2 is 1.12 bits per heavy atom. The van der Waals surface area contributed by atoms with Crippen molar-refractivity contribution in [1.29, 1.82) is 0 Å². The van der Waals surface area contributed by atoms with Crippen LogP contribution in [0.15, 0.2) is 24.3 Å². The van der Waals surface area contributed by atoms with Gasteiger partial charge in [-0.15, -0.1) is 0 Å². The average Bonchev–Trinajstić information content (AvgIpc) is 2.30. The second-order valence-electron chi connectivity index (χ2n) is 2.65. The quantitative estimate of drug-likeness (QED) is 0.780. The van der Waals surface area contributed by atoms with Crippen molar-refractivity contribution in [2.45, 2.75) is 0 Å². The van der Waals surface area contributed by atoms with Gasteiger partial charge in [0.25, 0.3) is 0 Å². The molecule has 0 spiro atoms. The van der Waals surface area contributed by atoms with Gasteiger partial charge in [-0.1, -0.05) is 21.6 Å². The van der Waals surface area contributed by atoms with Crippen LogP contribution in [-0.4, -0.2) is 22.7 Å². The predicted molar refractivity (Wildman–Crippen MR) is 77.3 cm³/mol. The van der Waals surface area contributed by atoms with Crippen LogP contribution in [0.3, 0.4) is 0 Å². The second kappa shape index (κ2) is 7.32. The molecule has 1 aromatic rings. The maximum absolute atomic E-state index is 11.5. The van der Waals surface area contributed by atoms with Gasteiger partial charge in [-0.3, -0.25) is 9.59 Å². The summed E-state index contributed by atoms with van der Waals surface area (Å²) in [5, 5.41) is 0.0352. The minimum Gasteiger partial charge on any atom is -0.281 e. The molecule has 86 valence electrons. The van der Waals surface area contributed by atoms with Crippen molar-refractivity contribution < 1.29 is 9.59 Å². The molecule has 0 heterocycles. The van der Waals surface area contributed by atoms with Gasteiger partial charge in [0, 0.05) is 11.1 Å². The Morgan fingerprint density at radius 3 is 1.38 bits per heavy atom. The minimum absolute atomic E-state index is 0.0176. The van der Waals surface area contributed by atoms with Crippen molar-refractivity contribution in [2.75, 3.05) is 12.5 Å². The number of rotatable bonds is 4. The van der Waals surface area contributed by atoms with Crippen molar-refractivity contribution in [3.05, 3.63) is 35.4 Å². The van der Waals surface area contributed by atoms with E-state index in [1.807, 2.05) is 12.5 Å². The van der Waals surface area contributed by atoms with E-state index in [9.17, 15) is 9.59 Å². The lowest BCUT2D eigenvalue weighted by molar-refractivity contribution is 0.108.